The van der Waals surface area contributed by atoms with Gasteiger partial charge in [-0.25, -0.2) is 4.39 Å². The third-order valence-corrected chi connectivity index (χ3v) is 4.73. The lowest BCUT2D eigenvalue weighted by molar-refractivity contribution is 0.193. The van der Waals surface area contributed by atoms with Crippen molar-refractivity contribution in [1.29, 1.82) is 0 Å². The summed E-state index contributed by atoms with van der Waals surface area (Å²) in [6, 6.07) is 0. The van der Waals surface area contributed by atoms with Gasteiger partial charge >= 0.3 is 0 Å². The molecule has 0 N–H and O–H groups in total. The van der Waals surface area contributed by atoms with Crippen LogP contribution in [0.25, 0.3) is 0 Å². The SMILES string of the molecule is FC1CCC(CCC2CCCCCC2)CC1. The standard InChI is InChI=1S/C15H27F/c16-15-11-9-14(10-12-15)8-7-13-5-3-1-2-4-6-13/h13-15H,1-12H2. The van der Waals surface area contributed by atoms with Crippen LogP contribution < -0.4 is 0 Å². The first-order chi connectivity index (χ1) is 7.84. The van der Waals surface area contributed by atoms with Crippen molar-refractivity contribution in [1.82, 2.24) is 0 Å². The smallest absolute Gasteiger partial charge is 0.100 e. The van der Waals surface area contributed by atoms with E-state index in [4.69, 9.17) is 0 Å². The summed E-state index contributed by atoms with van der Waals surface area (Å²) in [5.41, 5.74) is 0. The van der Waals surface area contributed by atoms with Crippen molar-refractivity contribution in [2.24, 2.45) is 11.8 Å². The van der Waals surface area contributed by atoms with Crippen LogP contribution in [-0.2, 0) is 0 Å². The molecule has 0 aromatic carbocycles. The van der Waals surface area contributed by atoms with E-state index < -0.39 is 6.17 Å². The van der Waals surface area contributed by atoms with Crippen molar-refractivity contribution in [3.63, 3.8) is 0 Å². The summed E-state index contributed by atoms with van der Waals surface area (Å²) in [6.07, 6.45) is 15.1. The molecule has 0 radical (unpaired) electrons. The lowest BCUT2D eigenvalue weighted by Crippen LogP contribution is -2.16. The van der Waals surface area contributed by atoms with Crippen LogP contribution in [0.2, 0.25) is 0 Å². The molecule has 0 amide bonds. The van der Waals surface area contributed by atoms with E-state index in [1.807, 2.05) is 0 Å². The molecule has 0 unspecified atom stereocenters. The molecule has 0 heterocycles. The van der Waals surface area contributed by atoms with Gasteiger partial charge < -0.3 is 0 Å². The van der Waals surface area contributed by atoms with Crippen LogP contribution in [0.4, 0.5) is 4.39 Å². The molecule has 0 aromatic rings. The number of rotatable bonds is 3. The largest absolute Gasteiger partial charge is 0.247 e. The predicted molar refractivity (Wildman–Crippen MR) is 67.3 cm³/mol. The van der Waals surface area contributed by atoms with Crippen molar-refractivity contribution >= 4 is 0 Å². The third kappa shape index (κ3) is 4.07. The van der Waals surface area contributed by atoms with Gasteiger partial charge in [0, 0.05) is 0 Å². The van der Waals surface area contributed by atoms with Gasteiger partial charge in [-0.1, -0.05) is 51.4 Å². The van der Waals surface area contributed by atoms with E-state index in [9.17, 15) is 4.39 Å². The molecule has 0 spiro atoms. The Hall–Kier alpha value is -0.0700. The first kappa shape index (κ1) is 12.4. The summed E-state index contributed by atoms with van der Waals surface area (Å²) >= 11 is 0. The monoisotopic (exact) mass is 226 g/mol. The Morgan fingerprint density at radius 3 is 1.69 bits per heavy atom. The fraction of sp³-hybridized carbons (Fsp3) is 1.00. The lowest BCUT2D eigenvalue weighted by atomic mass is 9.82. The van der Waals surface area contributed by atoms with Crippen molar-refractivity contribution in [2.75, 3.05) is 0 Å². The summed E-state index contributed by atoms with van der Waals surface area (Å²) in [6.45, 7) is 0. The van der Waals surface area contributed by atoms with Crippen LogP contribution in [0, 0.1) is 11.8 Å². The van der Waals surface area contributed by atoms with Gasteiger partial charge in [0.05, 0.1) is 0 Å². The van der Waals surface area contributed by atoms with E-state index in [1.165, 1.54) is 51.4 Å². The Morgan fingerprint density at radius 2 is 1.12 bits per heavy atom. The minimum absolute atomic E-state index is 0.478. The first-order valence-corrected chi connectivity index (χ1v) is 7.48. The zero-order valence-corrected chi connectivity index (χ0v) is 10.6. The van der Waals surface area contributed by atoms with Gasteiger partial charge in [-0.05, 0) is 37.5 Å². The van der Waals surface area contributed by atoms with Crippen molar-refractivity contribution in [3.8, 4) is 0 Å². The summed E-state index contributed by atoms with van der Waals surface area (Å²) in [7, 11) is 0. The Bertz CT molecular complexity index is 174. The van der Waals surface area contributed by atoms with E-state index in [0.29, 0.717) is 0 Å². The topological polar surface area (TPSA) is 0 Å². The van der Waals surface area contributed by atoms with Gasteiger partial charge in [-0.3, -0.25) is 0 Å². The number of hydrogen-bond acceptors (Lipinski definition) is 0. The van der Waals surface area contributed by atoms with Gasteiger partial charge in [-0.15, -0.1) is 0 Å². The highest BCUT2D eigenvalue weighted by atomic mass is 19.1. The normalized spacial score (nSPS) is 33.6. The Kier molecular flexibility index (Phi) is 5.12. The fourth-order valence-corrected chi connectivity index (χ4v) is 3.53. The summed E-state index contributed by atoms with van der Waals surface area (Å²) in [4.78, 5) is 0. The second kappa shape index (κ2) is 6.61. The minimum atomic E-state index is -0.478. The van der Waals surface area contributed by atoms with Crippen molar-refractivity contribution < 1.29 is 4.39 Å². The Balaban J connectivity index is 1.62. The molecule has 1 heteroatoms. The van der Waals surface area contributed by atoms with Gasteiger partial charge in [0.1, 0.15) is 6.17 Å². The van der Waals surface area contributed by atoms with E-state index in [0.717, 1.165) is 37.5 Å². The molecule has 0 aliphatic heterocycles. The van der Waals surface area contributed by atoms with Crippen molar-refractivity contribution in [2.45, 2.75) is 83.2 Å². The molecule has 0 nitrogen and oxygen atoms in total. The minimum Gasteiger partial charge on any atom is -0.247 e. The Labute approximate surface area is 100 Å². The van der Waals surface area contributed by atoms with Crippen LogP contribution in [0.1, 0.15) is 77.0 Å². The van der Waals surface area contributed by atoms with Gasteiger partial charge in [-0.2, -0.15) is 0 Å². The van der Waals surface area contributed by atoms with E-state index >= 15 is 0 Å². The molecule has 0 aromatic heterocycles. The average Bonchev–Trinajstić information content (AvgIpc) is 2.57. The van der Waals surface area contributed by atoms with Gasteiger partial charge in [0.15, 0.2) is 0 Å². The highest BCUT2D eigenvalue weighted by molar-refractivity contribution is 4.74. The van der Waals surface area contributed by atoms with Crippen LogP contribution in [0.3, 0.4) is 0 Å². The molecule has 94 valence electrons. The number of halogens is 1. The Morgan fingerprint density at radius 1 is 0.625 bits per heavy atom. The van der Waals surface area contributed by atoms with Crippen LogP contribution in [-0.4, -0.2) is 6.17 Å². The molecule has 16 heavy (non-hydrogen) atoms. The maximum Gasteiger partial charge on any atom is 0.100 e. The zero-order chi connectivity index (χ0) is 11.2. The quantitative estimate of drug-likeness (QED) is 0.575. The highest BCUT2D eigenvalue weighted by Crippen LogP contribution is 2.33. The van der Waals surface area contributed by atoms with Crippen molar-refractivity contribution in [3.05, 3.63) is 0 Å². The highest BCUT2D eigenvalue weighted by Gasteiger charge is 2.21. The molecule has 2 fully saturated rings. The van der Waals surface area contributed by atoms with E-state index in [-0.39, 0.29) is 0 Å². The zero-order valence-electron chi connectivity index (χ0n) is 10.6. The molecule has 2 rings (SSSR count). The summed E-state index contributed by atoms with van der Waals surface area (Å²) < 4.78 is 13.0. The maximum absolute atomic E-state index is 13.0. The molecule has 2 saturated carbocycles. The maximum atomic E-state index is 13.0. The molecule has 0 saturated heterocycles. The molecule has 2 aliphatic carbocycles. The van der Waals surface area contributed by atoms with E-state index in [2.05, 4.69) is 0 Å². The second-order valence-corrected chi connectivity index (χ2v) is 6.05. The van der Waals surface area contributed by atoms with Crippen LogP contribution >= 0.6 is 0 Å². The van der Waals surface area contributed by atoms with Gasteiger partial charge in [0.2, 0.25) is 0 Å². The first-order valence-electron chi connectivity index (χ1n) is 7.48. The summed E-state index contributed by atoms with van der Waals surface area (Å²) in [5, 5.41) is 0. The summed E-state index contributed by atoms with van der Waals surface area (Å²) in [5.74, 6) is 1.86. The number of hydrogen-bond donors (Lipinski definition) is 0. The molecule has 2 aliphatic rings. The molecular formula is C15H27F. The second-order valence-electron chi connectivity index (χ2n) is 6.05. The van der Waals surface area contributed by atoms with Crippen LogP contribution in [0.15, 0.2) is 0 Å². The lowest BCUT2D eigenvalue weighted by Gasteiger charge is -2.25. The average molecular weight is 226 g/mol. The van der Waals surface area contributed by atoms with Crippen LogP contribution in [0.5, 0.6) is 0 Å². The third-order valence-electron chi connectivity index (χ3n) is 4.73. The predicted octanol–water partition coefficient (Wildman–Crippen LogP) is 5.27. The van der Waals surface area contributed by atoms with E-state index in [1.54, 1.807) is 0 Å². The molecule has 0 bridgehead atoms. The number of alkyl halides is 1. The fourth-order valence-electron chi connectivity index (χ4n) is 3.53. The van der Waals surface area contributed by atoms with Gasteiger partial charge in [0.25, 0.3) is 0 Å². The molecule has 0 atom stereocenters. The molecular weight excluding hydrogens is 199 g/mol.